The van der Waals surface area contributed by atoms with E-state index in [0.29, 0.717) is 30.3 Å². The van der Waals surface area contributed by atoms with E-state index >= 15 is 0 Å². The van der Waals surface area contributed by atoms with Crippen molar-refractivity contribution < 1.29 is 4.79 Å². The van der Waals surface area contributed by atoms with Crippen LogP contribution in [-0.2, 0) is 23.4 Å². The van der Waals surface area contributed by atoms with Crippen molar-refractivity contribution in [3.63, 3.8) is 0 Å². The van der Waals surface area contributed by atoms with Crippen LogP contribution in [0.5, 0.6) is 0 Å². The van der Waals surface area contributed by atoms with Gasteiger partial charge in [0.05, 0.1) is 17.2 Å². The molecule has 1 fully saturated rings. The molecule has 0 radical (unpaired) electrons. The van der Waals surface area contributed by atoms with Crippen molar-refractivity contribution in [3.05, 3.63) is 62.5 Å². The van der Waals surface area contributed by atoms with Gasteiger partial charge in [-0.3, -0.25) is 14.5 Å². The van der Waals surface area contributed by atoms with Gasteiger partial charge in [-0.05, 0) is 62.7 Å². The molecule has 0 saturated carbocycles. The number of rotatable bonds is 9. The first-order valence-corrected chi connectivity index (χ1v) is 14.3. The predicted molar refractivity (Wildman–Crippen MR) is 141 cm³/mol. The van der Waals surface area contributed by atoms with E-state index in [1.807, 2.05) is 6.07 Å². The normalized spacial score (nSPS) is 17.1. The summed E-state index contributed by atoms with van der Waals surface area (Å²) in [6, 6.07) is 10.7. The van der Waals surface area contributed by atoms with E-state index in [9.17, 15) is 9.59 Å². The van der Waals surface area contributed by atoms with Crippen molar-refractivity contribution in [1.82, 2.24) is 20.2 Å². The first-order chi connectivity index (χ1) is 16.7. The Morgan fingerprint density at radius 3 is 2.76 bits per heavy atom. The first kappa shape index (κ1) is 23.6. The second-order valence-electron chi connectivity index (χ2n) is 9.18. The molecule has 1 saturated heterocycles. The average molecular weight is 497 g/mol. The van der Waals surface area contributed by atoms with Crippen LogP contribution in [0.4, 0.5) is 0 Å². The Bertz CT molecular complexity index is 1180. The van der Waals surface area contributed by atoms with Gasteiger partial charge in [-0.25, -0.2) is 4.98 Å². The van der Waals surface area contributed by atoms with Gasteiger partial charge in [0, 0.05) is 23.6 Å². The molecular weight excluding hydrogens is 464 g/mol. The number of aryl methyl sites for hydroxylation is 2. The van der Waals surface area contributed by atoms with Crippen molar-refractivity contribution >= 4 is 39.2 Å². The number of amides is 1. The van der Waals surface area contributed by atoms with Crippen LogP contribution in [0.15, 0.2) is 35.1 Å². The van der Waals surface area contributed by atoms with Crippen LogP contribution < -0.4 is 10.9 Å². The van der Waals surface area contributed by atoms with Gasteiger partial charge in [-0.2, -0.15) is 11.8 Å². The number of nitrogens with zero attached hydrogens (tertiary/aromatic N) is 2. The Labute approximate surface area is 208 Å². The summed E-state index contributed by atoms with van der Waals surface area (Å²) < 4.78 is 0. The number of fused-ring (bicyclic) bond motifs is 3. The number of thiophene rings is 1. The highest BCUT2D eigenvalue weighted by atomic mass is 32.2. The van der Waals surface area contributed by atoms with E-state index in [4.69, 9.17) is 4.98 Å². The molecular formula is C26H32N4O2S2. The minimum atomic E-state index is -0.00777. The van der Waals surface area contributed by atoms with Gasteiger partial charge in [0.15, 0.2) is 0 Å². The molecule has 8 heteroatoms. The number of aromatic amines is 1. The number of carbonyl (C=O) groups excluding carboxylic acids is 1. The lowest BCUT2D eigenvalue weighted by atomic mass is 9.97. The third kappa shape index (κ3) is 5.39. The monoisotopic (exact) mass is 496 g/mol. The van der Waals surface area contributed by atoms with E-state index < -0.39 is 0 Å². The van der Waals surface area contributed by atoms with Crippen molar-refractivity contribution in [3.8, 4) is 0 Å². The summed E-state index contributed by atoms with van der Waals surface area (Å²) in [5, 5.41) is 3.96. The van der Waals surface area contributed by atoms with Crippen LogP contribution in [0.3, 0.4) is 0 Å². The molecule has 1 unspecified atom stereocenters. The molecule has 5 rings (SSSR count). The topological polar surface area (TPSA) is 78.1 Å². The van der Waals surface area contributed by atoms with Crippen LogP contribution in [0, 0.1) is 0 Å². The molecule has 0 spiro atoms. The lowest BCUT2D eigenvalue weighted by Crippen LogP contribution is -2.36. The maximum Gasteiger partial charge on any atom is 0.259 e. The number of carbonyl (C=O) groups is 1. The second kappa shape index (κ2) is 11.1. The van der Waals surface area contributed by atoms with Gasteiger partial charge in [0.25, 0.3) is 5.56 Å². The molecule has 1 amide bonds. The SMILES string of the molecule is O=C(CCSCc1nc2sc3c(c2c(=O)[nH]1)CCCC3)NCC(c1ccccc1)N1CCCC1. The van der Waals surface area contributed by atoms with Gasteiger partial charge in [-0.1, -0.05) is 30.3 Å². The molecule has 0 bridgehead atoms. The summed E-state index contributed by atoms with van der Waals surface area (Å²) in [6.07, 6.45) is 7.33. The Morgan fingerprint density at radius 2 is 1.94 bits per heavy atom. The fourth-order valence-electron chi connectivity index (χ4n) is 5.10. The number of likely N-dealkylation sites (tertiary alicyclic amines) is 1. The highest BCUT2D eigenvalue weighted by molar-refractivity contribution is 7.98. The van der Waals surface area contributed by atoms with E-state index in [2.05, 4.69) is 39.5 Å². The molecule has 1 aliphatic carbocycles. The smallest absolute Gasteiger partial charge is 0.259 e. The number of nitrogens with one attached hydrogen (secondary N) is 2. The molecule has 2 aromatic heterocycles. The number of benzene rings is 1. The zero-order valence-corrected chi connectivity index (χ0v) is 21.1. The molecule has 34 heavy (non-hydrogen) atoms. The number of H-pyrrole nitrogens is 1. The Hall–Kier alpha value is -2.16. The Morgan fingerprint density at radius 1 is 1.15 bits per heavy atom. The lowest BCUT2D eigenvalue weighted by molar-refractivity contribution is -0.120. The lowest BCUT2D eigenvalue weighted by Gasteiger charge is -2.28. The third-order valence-electron chi connectivity index (χ3n) is 6.84. The quantitative estimate of drug-likeness (QED) is 0.428. The van der Waals surface area contributed by atoms with Gasteiger partial charge in [0.2, 0.25) is 5.91 Å². The molecule has 2 aliphatic rings. The van der Waals surface area contributed by atoms with Gasteiger partial charge in [-0.15, -0.1) is 11.3 Å². The zero-order chi connectivity index (χ0) is 23.3. The van der Waals surface area contributed by atoms with Crippen molar-refractivity contribution in [2.45, 2.75) is 56.7 Å². The third-order valence-corrected chi connectivity index (χ3v) is 9.00. The maximum absolute atomic E-state index is 12.7. The fraction of sp³-hybridized carbons (Fsp3) is 0.500. The fourth-order valence-corrected chi connectivity index (χ4v) is 7.18. The Kier molecular flexibility index (Phi) is 7.67. The van der Waals surface area contributed by atoms with Crippen molar-refractivity contribution in [2.24, 2.45) is 0 Å². The summed E-state index contributed by atoms with van der Waals surface area (Å²) in [6.45, 7) is 2.82. The molecule has 1 aliphatic heterocycles. The number of hydrogen-bond acceptors (Lipinski definition) is 6. The maximum atomic E-state index is 12.7. The molecule has 1 atom stereocenters. The minimum Gasteiger partial charge on any atom is -0.354 e. The molecule has 2 N–H and O–H groups in total. The highest BCUT2D eigenvalue weighted by Crippen LogP contribution is 2.33. The van der Waals surface area contributed by atoms with Crippen LogP contribution in [-0.4, -0.2) is 46.2 Å². The second-order valence-corrected chi connectivity index (χ2v) is 11.4. The van der Waals surface area contributed by atoms with E-state index in [1.54, 1.807) is 23.1 Å². The van der Waals surface area contributed by atoms with E-state index in [0.717, 1.165) is 42.6 Å². The summed E-state index contributed by atoms with van der Waals surface area (Å²) in [5.41, 5.74) is 2.48. The van der Waals surface area contributed by atoms with Crippen LogP contribution in [0.2, 0.25) is 0 Å². The average Bonchev–Trinajstić information content (AvgIpc) is 3.51. The summed E-state index contributed by atoms with van der Waals surface area (Å²) >= 11 is 3.32. The first-order valence-electron chi connectivity index (χ1n) is 12.4. The van der Waals surface area contributed by atoms with E-state index in [1.165, 1.54) is 35.3 Å². The van der Waals surface area contributed by atoms with Gasteiger partial charge < -0.3 is 10.3 Å². The van der Waals surface area contributed by atoms with Crippen molar-refractivity contribution in [2.75, 3.05) is 25.4 Å². The molecule has 180 valence electrons. The largest absolute Gasteiger partial charge is 0.354 e. The van der Waals surface area contributed by atoms with Crippen LogP contribution in [0.25, 0.3) is 10.2 Å². The van der Waals surface area contributed by atoms with Gasteiger partial charge in [0.1, 0.15) is 10.7 Å². The zero-order valence-electron chi connectivity index (χ0n) is 19.5. The highest BCUT2D eigenvalue weighted by Gasteiger charge is 2.24. The summed E-state index contributed by atoms with van der Waals surface area (Å²) in [7, 11) is 0. The number of thioether (sulfide) groups is 1. The molecule has 6 nitrogen and oxygen atoms in total. The molecule has 1 aromatic carbocycles. The van der Waals surface area contributed by atoms with Crippen LogP contribution >= 0.6 is 23.1 Å². The number of hydrogen-bond donors (Lipinski definition) is 2. The standard InChI is InChI=1S/C26H32N4O2S2/c31-23(27-16-20(30-13-6-7-14-30)18-8-2-1-3-9-18)12-15-33-17-22-28-25(32)24-19-10-4-5-11-21(19)34-26(24)29-22/h1-3,8-9,20H,4-7,10-17H2,(H,27,31)(H,28,29,32). The Balaban J connectivity index is 1.11. The van der Waals surface area contributed by atoms with Crippen LogP contribution in [0.1, 0.15) is 60.0 Å². The van der Waals surface area contributed by atoms with Gasteiger partial charge >= 0.3 is 0 Å². The van der Waals surface area contributed by atoms with E-state index in [-0.39, 0.29) is 17.5 Å². The molecule has 3 heterocycles. The summed E-state index contributed by atoms with van der Waals surface area (Å²) in [5.74, 6) is 2.10. The van der Waals surface area contributed by atoms with Crippen molar-refractivity contribution in [1.29, 1.82) is 0 Å². The molecule has 3 aromatic rings. The minimum absolute atomic E-state index is 0.00777. The predicted octanol–water partition coefficient (Wildman–Crippen LogP) is 4.44. The summed E-state index contributed by atoms with van der Waals surface area (Å²) in [4.78, 5) is 37.6. The number of aromatic nitrogens is 2.